The van der Waals surface area contributed by atoms with Crippen molar-refractivity contribution in [3.05, 3.63) is 29.3 Å². The molecule has 0 radical (unpaired) electrons. The molecule has 0 aliphatic heterocycles. The molecule has 0 spiro atoms. The van der Waals surface area contributed by atoms with Gasteiger partial charge in [0.15, 0.2) is 0 Å². The first kappa shape index (κ1) is 14.9. The molecule has 2 rings (SSSR count). The molecule has 1 amide bonds. The average Bonchev–Trinajstić information content (AvgIpc) is 2.71. The van der Waals surface area contributed by atoms with Gasteiger partial charge in [-0.2, -0.15) is 0 Å². The number of hydrogen-bond donors (Lipinski definition) is 2. The molecule has 1 aromatic carbocycles. The first-order chi connectivity index (χ1) is 8.29. The van der Waals surface area contributed by atoms with Crippen LogP contribution in [0.5, 0.6) is 0 Å². The second-order valence-corrected chi connectivity index (χ2v) is 4.83. The minimum Gasteiger partial charge on any atom is -0.356 e. The quantitative estimate of drug-likeness (QED) is 0.879. The summed E-state index contributed by atoms with van der Waals surface area (Å²) in [6.07, 6.45) is 1.16. The van der Waals surface area contributed by atoms with Gasteiger partial charge in [-0.1, -0.05) is 12.1 Å². The number of aromatic nitrogens is 1. The zero-order valence-corrected chi connectivity index (χ0v) is 11.5. The lowest BCUT2D eigenvalue weighted by molar-refractivity contribution is -0.120. The molecule has 1 heterocycles. The van der Waals surface area contributed by atoms with Crippen LogP contribution in [0.2, 0.25) is 0 Å². The molecule has 0 saturated carbocycles. The van der Waals surface area contributed by atoms with E-state index in [0.717, 1.165) is 16.9 Å². The van der Waals surface area contributed by atoms with Gasteiger partial charge in [-0.15, -0.1) is 23.7 Å². The fourth-order valence-electron chi connectivity index (χ4n) is 1.56. The predicted molar refractivity (Wildman–Crippen MR) is 77.3 cm³/mol. The van der Waals surface area contributed by atoms with E-state index < -0.39 is 0 Å². The average molecular weight is 286 g/mol. The van der Waals surface area contributed by atoms with Gasteiger partial charge in [0.05, 0.1) is 15.2 Å². The van der Waals surface area contributed by atoms with Crippen molar-refractivity contribution in [2.45, 2.75) is 12.8 Å². The van der Waals surface area contributed by atoms with Gasteiger partial charge in [0.1, 0.15) is 0 Å². The molecule has 0 fully saturated rings. The maximum atomic E-state index is 11.2. The molecule has 0 atom stereocenters. The van der Waals surface area contributed by atoms with Crippen molar-refractivity contribution in [1.82, 2.24) is 10.3 Å². The molecule has 6 heteroatoms. The molecule has 18 heavy (non-hydrogen) atoms. The third-order valence-corrected chi connectivity index (χ3v) is 3.47. The number of halogens is 1. The van der Waals surface area contributed by atoms with Crippen molar-refractivity contribution in [3.63, 3.8) is 0 Å². The second-order valence-electron chi connectivity index (χ2n) is 3.71. The summed E-state index contributed by atoms with van der Waals surface area (Å²) in [5, 5.41) is 3.88. The number of carbonyl (C=O) groups excluding carboxylic acids is 1. The Bertz CT molecular complexity index is 482. The molecule has 0 bridgehead atoms. The van der Waals surface area contributed by atoms with Gasteiger partial charge in [0.25, 0.3) is 0 Å². The highest BCUT2D eigenvalue weighted by Crippen LogP contribution is 2.21. The van der Waals surface area contributed by atoms with E-state index >= 15 is 0 Å². The zero-order valence-electron chi connectivity index (χ0n) is 9.89. The number of nitrogens with zero attached hydrogens (tertiary/aromatic N) is 1. The van der Waals surface area contributed by atoms with E-state index in [0.29, 0.717) is 19.5 Å². The molecule has 0 saturated heterocycles. The monoisotopic (exact) mass is 285 g/mol. The van der Waals surface area contributed by atoms with E-state index in [4.69, 9.17) is 5.73 Å². The molecule has 0 unspecified atom stereocenters. The summed E-state index contributed by atoms with van der Waals surface area (Å²) in [6.45, 7) is 1.02. The molecule has 3 N–H and O–H groups in total. The Morgan fingerprint density at radius 3 is 2.89 bits per heavy atom. The SMILES string of the molecule is Cl.NCCC(=O)NCCc1nc2ccccc2s1. The smallest absolute Gasteiger partial charge is 0.221 e. The number of nitrogens with one attached hydrogen (secondary N) is 1. The molecular weight excluding hydrogens is 270 g/mol. The fourth-order valence-corrected chi connectivity index (χ4v) is 2.52. The largest absolute Gasteiger partial charge is 0.356 e. The molecule has 2 aromatic rings. The van der Waals surface area contributed by atoms with Crippen LogP contribution >= 0.6 is 23.7 Å². The minimum atomic E-state index is 0. The summed E-state index contributed by atoms with van der Waals surface area (Å²) >= 11 is 1.68. The first-order valence-corrected chi connectivity index (χ1v) is 6.42. The van der Waals surface area contributed by atoms with Crippen LogP contribution in [-0.2, 0) is 11.2 Å². The number of para-hydroxylation sites is 1. The predicted octanol–water partition coefficient (Wildman–Crippen LogP) is 1.73. The van der Waals surface area contributed by atoms with E-state index in [1.54, 1.807) is 11.3 Å². The number of rotatable bonds is 5. The number of fused-ring (bicyclic) bond motifs is 1. The Balaban J connectivity index is 0.00000162. The van der Waals surface area contributed by atoms with Crippen molar-refractivity contribution >= 4 is 39.9 Å². The number of nitrogens with two attached hydrogens (primary N) is 1. The number of thiazole rings is 1. The topological polar surface area (TPSA) is 68.0 Å². The summed E-state index contributed by atoms with van der Waals surface area (Å²) in [6, 6.07) is 8.05. The molecule has 0 aliphatic carbocycles. The lowest BCUT2D eigenvalue weighted by Gasteiger charge is -2.01. The summed E-state index contributed by atoms with van der Waals surface area (Å²) in [5.74, 6) is 0.00797. The first-order valence-electron chi connectivity index (χ1n) is 5.61. The summed E-state index contributed by atoms with van der Waals surface area (Å²) in [4.78, 5) is 15.7. The van der Waals surface area contributed by atoms with Gasteiger partial charge >= 0.3 is 0 Å². The van der Waals surface area contributed by atoms with Gasteiger partial charge in [0.2, 0.25) is 5.91 Å². The summed E-state index contributed by atoms with van der Waals surface area (Å²) < 4.78 is 1.19. The van der Waals surface area contributed by atoms with Crippen molar-refractivity contribution < 1.29 is 4.79 Å². The van der Waals surface area contributed by atoms with E-state index in [1.165, 1.54) is 4.70 Å². The third-order valence-electron chi connectivity index (χ3n) is 2.37. The van der Waals surface area contributed by atoms with Crippen LogP contribution in [0.3, 0.4) is 0 Å². The summed E-state index contributed by atoms with van der Waals surface area (Å²) in [5.41, 5.74) is 6.32. The van der Waals surface area contributed by atoms with Crippen LogP contribution in [0, 0.1) is 0 Å². The van der Waals surface area contributed by atoms with Crippen molar-refractivity contribution in [1.29, 1.82) is 0 Å². The van der Waals surface area contributed by atoms with Crippen molar-refractivity contribution in [2.24, 2.45) is 5.73 Å². The van der Waals surface area contributed by atoms with E-state index in [-0.39, 0.29) is 18.3 Å². The van der Waals surface area contributed by atoms with Crippen LogP contribution < -0.4 is 11.1 Å². The van der Waals surface area contributed by atoms with Crippen LogP contribution in [0.25, 0.3) is 10.2 Å². The molecule has 4 nitrogen and oxygen atoms in total. The number of carbonyl (C=O) groups is 1. The molecule has 0 aliphatic rings. The van der Waals surface area contributed by atoms with E-state index in [2.05, 4.69) is 16.4 Å². The van der Waals surface area contributed by atoms with Crippen LogP contribution in [0.15, 0.2) is 24.3 Å². The fraction of sp³-hybridized carbons (Fsp3) is 0.333. The highest BCUT2D eigenvalue weighted by atomic mass is 35.5. The Kier molecular flexibility index (Phi) is 6.04. The zero-order chi connectivity index (χ0) is 12.1. The van der Waals surface area contributed by atoms with Crippen LogP contribution in [0.4, 0.5) is 0 Å². The minimum absolute atomic E-state index is 0. The van der Waals surface area contributed by atoms with Crippen molar-refractivity contribution in [2.75, 3.05) is 13.1 Å². The second kappa shape index (κ2) is 7.31. The number of benzene rings is 1. The Labute approximate surface area is 116 Å². The Hall–Kier alpha value is -1.17. The maximum Gasteiger partial charge on any atom is 0.221 e. The normalized spacial score (nSPS) is 10.1. The van der Waals surface area contributed by atoms with Crippen LogP contribution in [0.1, 0.15) is 11.4 Å². The number of amides is 1. The molecule has 1 aromatic heterocycles. The molecule has 98 valence electrons. The van der Waals surface area contributed by atoms with Gasteiger partial charge in [0, 0.05) is 25.9 Å². The summed E-state index contributed by atoms with van der Waals surface area (Å²) in [7, 11) is 0. The van der Waals surface area contributed by atoms with E-state index in [1.807, 2.05) is 18.2 Å². The van der Waals surface area contributed by atoms with Crippen molar-refractivity contribution in [3.8, 4) is 0 Å². The highest BCUT2D eigenvalue weighted by molar-refractivity contribution is 7.18. The van der Waals surface area contributed by atoms with Gasteiger partial charge in [-0.05, 0) is 12.1 Å². The molecular formula is C12H16ClN3OS. The van der Waals surface area contributed by atoms with E-state index in [9.17, 15) is 4.79 Å². The maximum absolute atomic E-state index is 11.2. The van der Waals surface area contributed by atoms with Gasteiger partial charge in [-0.3, -0.25) is 4.79 Å². The van der Waals surface area contributed by atoms with Crippen LogP contribution in [-0.4, -0.2) is 24.0 Å². The standard InChI is InChI=1S/C12H15N3OS.ClH/c13-7-5-11(16)14-8-6-12-15-9-3-1-2-4-10(9)17-12;/h1-4H,5-8,13H2,(H,14,16);1H. The highest BCUT2D eigenvalue weighted by Gasteiger charge is 2.03. The Morgan fingerprint density at radius 2 is 2.17 bits per heavy atom. The van der Waals surface area contributed by atoms with Gasteiger partial charge in [-0.25, -0.2) is 4.98 Å². The lowest BCUT2D eigenvalue weighted by Crippen LogP contribution is -2.27. The third kappa shape index (κ3) is 3.94. The Morgan fingerprint density at radius 1 is 1.39 bits per heavy atom. The number of hydrogen-bond acceptors (Lipinski definition) is 4. The lowest BCUT2D eigenvalue weighted by atomic mass is 10.3. The van der Waals surface area contributed by atoms with Gasteiger partial charge < -0.3 is 11.1 Å².